The second-order valence-electron chi connectivity index (χ2n) is 5.57. The van der Waals surface area contributed by atoms with Crippen molar-refractivity contribution in [2.45, 2.75) is 26.3 Å². The Morgan fingerprint density at radius 3 is 1.38 bits per heavy atom. The summed E-state index contributed by atoms with van der Waals surface area (Å²) < 4.78 is 0. The van der Waals surface area contributed by atoms with E-state index >= 15 is 0 Å². The van der Waals surface area contributed by atoms with Crippen LogP contribution < -0.4 is 0 Å². The van der Waals surface area contributed by atoms with Crippen molar-refractivity contribution >= 4 is 21.5 Å². The van der Waals surface area contributed by atoms with E-state index in [1.807, 2.05) is 20.8 Å². The third-order valence-corrected chi connectivity index (χ3v) is 2.52. The average Bonchev–Trinajstić information content (AvgIpc) is 2.65. The van der Waals surface area contributed by atoms with E-state index in [4.69, 9.17) is 5.73 Å². The second-order valence-corrected chi connectivity index (χ2v) is 5.57. The van der Waals surface area contributed by atoms with Crippen molar-refractivity contribution in [3.05, 3.63) is 75.2 Å². The van der Waals surface area contributed by atoms with Crippen LogP contribution in [0.15, 0.2) is 54.6 Å². The molecule has 3 aromatic carbocycles. The predicted octanol–water partition coefficient (Wildman–Crippen LogP) is 6.45. The zero-order valence-corrected chi connectivity index (χ0v) is 15.3. The first-order valence-corrected chi connectivity index (χ1v) is 6.23. The van der Waals surface area contributed by atoms with Gasteiger partial charge >= 0.3 is 21.7 Å². The van der Waals surface area contributed by atoms with E-state index in [2.05, 4.69) is 54.6 Å². The van der Waals surface area contributed by atoms with Crippen LogP contribution in [-0.2, 0) is 21.7 Å². The van der Waals surface area contributed by atoms with Crippen molar-refractivity contribution in [2.75, 3.05) is 0 Å². The van der Waals surface area contributed by atoms with E-state index in [9.17, 15) is 0 Å². The Bertz CT molecular complexity index is 591. The summed E-state index contributed by atoms with van der Waals surface area (Å²) in [7, 11) is 0. The smallest absolute Gasteiger partial charge is 0.673 e. The summed E-state index contributed by atoms with van der Waals surface area (Å²) in [6.45, 7) is 5.56. The molecule has 0 saturated carbocycles. The van der Waals surface area contributed by atoms with Gasteiger partial charge in [0.05, 0.1) is 0 Å². The molecule has 110 valence electrons. The van der Waals surface area contributed by atoms with Crippen LogP contribution in [0.4, 0.5) is 0 Å². The van der Waals surface area contributed by atoms with Gasteiger partial charge in [-0.25, -0.2) is 0 Å². The Balaban J connectivity index is 0. The predicted molar refractivity (Wildman–Crippen MR) is 93.9 cm³/mol. The Morgan fingerprint density at radius 1 is 0.762 bits per heavy atom. The summed E-state index contributed by atoms with van der Waals surface area (Å²) in [6.07, 6.45) is 0. The molecule has 3 aromatic rings. The Kier molecular flexibility index (Phi) is 9.64. The van der Waals surface area contributed by atoms with Crippen molar-refractivity contribution in [1.29, 1.82) is 0 Å². The molecule has 0 fully saturated rings. The molecule has 0 aliphatic carbocycles. The second kappa shape index (κ2) is 9.09. The molecule has 0 aliphatic heterocycles. The maximum Gasteiger partial charge on any atom is 4.00 e. The van der Waals surface area contributed by atoms with Gasteiger partial charge in [-0.15, -0.1) is 45.3 Å². The molecule has 0 amide bonds. The van der Waals surface area contributed by atoms with Crippen molar-refractivity contribution < 1.29 is 21.7 Å². The largest absolute Gasteiger partial charge is 4.00 e. The summed E-state index contributed by atoms with van der Waals surface area (Å²) in [5.41, 5.74) is 6.69. The molecule has 0 radical (unpaired) electrons. The molecular weight excluding hydrogens is 290 g/mol. The fourth-order valence-electron chi connectivity index (χ4n) is 1.90. The van der Waals surface area contributed by atoms with Gasteiger partial charge in [-0.3, -0.25) is 0 Å². The monoisotopic (exact) mass is 315 g/mol. The van der Waals surface area contributed by atoms with Crippen LogP contribution in [-0.4, -0.2) is 5.54 Å². The van der Waals surface area contributed by atoms with Gasteiger partial charge in [-0.2, -0.15) is 0 Å². The fraction of sp³-hybridized carbons (Fsp3) is 0.211. The van der Waals surface area contributed by atoms with E-state index in [0.717, 1.165) is 0 Å². The quantitative estimate of drug-likeness (QED) is 0.336. The first kappa shape index (κ1) is 22.3. The fourth-order valence-corrected chi connectivity index (χ4v) is 1.90. The van der Waals surface area contributed by atoms with E-state index in [1.165, 1.54) is 21.5 Å². The van der Waals surface area contributed by atoms with Crippen molar-refractivity contribution in [1.82, 2.24) is 0 Å². The van der Waals surface area contributed by atoms with Gasteiger partial charge in [0, 0.05) is 0 Å². The van der Waals surface area contributed by atoms with Gasteiger partial charge < -0.3 is 20.6 Å². The third kappa shape index (κ3) is 6.52. The number of benzene rings is 2. The van der Waals surface area contributed by atoms with Crippen LogP contribution in [0.3, 0.4) is 0 Å². The van der Waals surface area contributed by atoms with Crippen LogP contribution in [0.1, 0.15) is 20.8 Å². The molecule has 0 unspecified atom stereocenters. The topological polar surface area (TPSA) is 23.8 Å². The van der Waals surface area contributed by atoms with E-state index < -0.39 is 0 Å². The summed E-state index contributed by atoms with van der Waals surface area (Å²) in [4.78, 5) is 0. The van der Waals surface area contributed by atoms with E-state index in [1.54, 1.807) is 0 Å². The Labute approximate surface area is 144 Å². The molecule has 0 saturated heterocycles. The zero-order valence-electron chi connectivity index (χ0n) is 13.7. The van der Waals surface area contributed by atoms with E-state index in [-0.39, 0.29) is 42.1 Å². The van der Waals surface area contributed by atoms with Gasteiger partial charge in [0.25, 0.3) is 0 Å². The Hall–Kier alpha value is -1.02. The Morgan fingerprint density at radius 2 is 1.05 bits per heavy atom. The van der Waals surface area contributed by atoms with Crippen molar-refractivity contribution in [2.24, 2.45) is 0 Å². The zero-order chi connectivity index (χ0) is 13.2. The molecule has 1 N–H and O–H groups in total. The first-order valence-electron chi connectivity index (χ1n) is 6.23. The molecular formula is C19H25NTi. The minimum absolute atomic E-state index is 0. The number of fused-ring (bicyclic) bond motifs is 3. The third-order valence-electron chi connectivity index (χ3n) is 2.52. The molecule has 0 aromatic heterocycles. The van der Waals surface area contributed by atoms with Gasteiger partial charge in [0.2, 0.25) is 0 Å². The number of nitrogens with one attached hydrogen (secondary N) is 1. The van der Waals surface area contributed by atoms with E-state index in [0.29, 0.717) is 0 Å². The minimum Gasteiger partial charge on any atom is -0.673 e. The number of hydrogen-bond acceptors (Lipinski definition) is 0. The summed E-state index contributed by atoms with van der Waals surface area (Å²) in [5, 5.41) is 5.39. The van der Waals surface area contributed by atoms with Crippen LogP contribution >= 0.6 is 0 Å². The first-order chi connectivity index (χ1) is 8.45. The molecule has 0 spiro atoms. The number of hydrogen-bond donors (Lipinski definition) is 0. The molecule has 2 heteroatoms. The van der Waals surface area contributed by atoms with Crippen molar-refractivity contribution in [3.63, 3.8) is 0 Å². The molecule has 0 heterocycles. The standard InChI is InChI=1S/C13H9.C4H10N.2CH3.Ti/c1-3-7-12-10(5-1)9-11-6-2-4-8-13(11)12;1-4(2,3)5;;;/h1-9H;5H,1-3H3;2*1H3;/q4*-1;+4. The normalized spacial score (nSPS) is 9.71. The van der Waals surface area contributed by atoms with Crippen molar-refractivity contribution in [3.8, 4) is 0 Å². The maximum absolute atomic E-state index is 6.94. The maximum atomic E-state index is 6.94. The summed E-state index contributed by atoms with van der Waals surface area (Å²) in [5.74, 6) is 0. The SMILES string of the molecule is CC(C)(C)[NH-].[CH3-].[CH3-].[Ti+4].c1ccc2c(c1)[cH-]c1ccccc12. The van der Waals surface area contributed by atoms with Crippen LogP contribution in [0.25, 0.3) is 27.3 Å². The summed E-state index contributed by atoms with van der Waals surface area (Å²) in [6, 6.07) is 19.3. The van der Waals surface area contributed by atoms with Gasteiger partial charge in [0.1, 0.15) is 0 Å². The molecule has 0 bridgehead atoms. The van der Waals surface area contributed by atoms with Crippen LogP contribution in [0.2, 0.25) is 0 Å². The molecule has 0 aliphatic rings. The van der Waals surface area contributed by atoms with Gasteiger partial charge in [-0.1, -0.05) is 57.2 Å². The average molecular weight is 315 g/mol. The van der Waals surface area contributed by atoms with Gasteiger partial charge in [-0.05, 0) is 0 Å². The summed E-state index contributed by atoms with van der Waals surface area (Å²) >= 11 is 0. The van der Waals surface area contributed by atoms with Gasteiger partial charge in [0.15, 0.2) is 0 Å². The van der Waals surface area contributed by atoms with Crippen LogP contribution in [0, 0.1) is 14.9 Å². The number of rotatable bonds is 0. The molecule has 21 heavy (non-hydrogen) atoms. The molecule has 1 nitrogen and oxygen atoms in total. The molecule has 0 atom stereocenters. The minimum atomic E-state index is -0.250. The molecule has 3 rings (SSSR count). The van der Waals surface area contributed by atoms with Crippen LogP contribution in [0.5, 0.6) is 0 Å².